The van der Waals surface area contributed by atoms with Gasteiger partial charge in [0.2, 0.25) is 0 Å². The molecule has 1 aromatic carbocycles. The molecule has 1 saturated heterocycles. The van der Waals surface area contributed by atoms with E-state index in [1.54, 1.807) is 32.9 Å². The molecule has 1 fully saturated rings. The number of likely N-dealkylation sites (tertiary alicyclic amines) is 1. The third-order valence-corrected chi connectivity index (χ3v) is 3.78. The number of benzene rings is 1. The lowest BCUT2D eigenvalue weighted by Gasteiger charge is -2.32. The highest BCUT2D eigenvalue weighted by molar-refractivity contribution is 6.04. The number of Topliss-reactive ketones (excluding diaryl/α,β-unsaturated/α-hetero) is 2. The van der Waals surface area contributed by atoms with Crippen molar-refractivity contribution in [3.8, 4) is 0 Å². The summed E-state index contributed by atoms with van der Waals surface area (Å²) in [5.41, 5.74) is -0.393. The van der Waals surface area contributed by atoms with E-state index in [2.05, 4.69) is 0 Å². The molecular formula is C18H22FNO4. The van der Waals surface area contributed by atoms with Gasteiger partial charge < -0.3 is 9.64 Å². The monoisotopic (exact) mass is 335 g/mol. The van der Waals surface area contributed by atoms with Gasteiger partial charge in [-0.05, 0) is 32.4 Å². The average Bonchev–Trinajstić information content (AvgIpc) is 2.48. The SMILES string of the molecule is CC(C)(C)OC(=O)N1CCC(=O)C(C(=O)Cc2ccccc2F)C1. The van der Waals surface area contributed by atoms with Gasteiger partial charge in [0.15, 0.2) is 0 Å². The molecule has 24 heavy (non-hydrogen) atoms. The molecule has 1 aliphatic heterocycles. The predicted molar refractivity (Wildman–Crippen MR) is 86.0 cm³/mol. The zero-order valence-electron chi connectivity index (χ0n) is 14.2. The van der Waals surface area contributed by atoms with E-state index in [4.69, 9.17) is 4.74 Å². The van der Waals surface area contributed by atoms with Crippen LogP contribution in [0.5, 0.6) is 0 Å². The summed E-state index contributed by atoms with van der Waals surface area (Å²) in [5, 5.41) is 0. The minimum Gasteiger partial charge on any atom is -0.444 e. The standard InChI is InChI=1S/C18H22FNO4/c1-18(2,3)24-17(23)20-9-8-15(21)13(11-20)16(22)10-12-6-4-5-7-14(12)19/h4-7,13H,8-11H2,1-3H3. The minimum absolute atomic E-state index is 0.0129. The van der Waals surface area contributed by atoms with E-state index in [1.165, 1.54) is 17.0 Å². The summed E-state index contributed by atoms with van der Waals surface area (Å²) in [6.45, 7) is 5.47. The van der Waals surface area contributed by atoms with E-state index in [1.807, 2.05) is 0 Å². The van der Waals surface area contributed by atoms with Gasteiger partial charge in [0.1, 0.15) is 23.0 Å². The van der Waals surface area contributed by atoms with Gasteiger partial charge >= 0.3 is 6.09 Å². The number of hydrogen-bond donors (Lipinski definition) is 0. The Kier molecular flexibility index (Phi) is 5.36. The van der Waals surface area contributed by atoms with Gasteiger partial charge in [-0.3, -0.25) is 9.59 Å². The van der Waals surface area contributed by atoms with Crippen molar-refractivity contribution in [1.29, 1.82) is 0 Å². The van der Waals surface area contributed by atoms with Crippen molar-refractivity contribution in [1.82, 2.24) is 4.90 Å². The Bertz CT molecular complexity index is 651. The molecule has 130 valence electrons. The lowest BCUT2D eigenvalue weighted by Crippen LogP contribution is -2.48. The maximum atomic E-state index is 13.7. The second-order valence-electron chi connectivity index (χ2n) is 6.93. The first kappa shape index (κ1) is 18.1. The highest BCUT2D eigenvalue weighted by Crippen LogP contribution is 2.20. The van der Waals surface area contributed by atoms with Crippen molar-refractivity contribution < 1.29 is 23.5 Å². The van der Waals surface area contributed by atoms with E-state index in [-0.39, 0.29) is 43.1 Å². The van der Waals surface area contributed by atoms with Crippen LogP contribution in [0.4, 0.5) is 9.18 Å². The number of rotatable bonds is 3. The number of amides is 1. The summed E-state index contributed by atoms with van der Waals surface area (Å²) in [4.78, 5) is 38.0. The molecule has 6 heteroatoms. The molecule has 1 atom stereocenters. The summed E-state index contributed by atoms with van der Waals surface area (Å²) < 4.78 is 19.0. The van der Waals surface area contributed by atoms with E-state index in [0.717, 1.165) is 0 Å². The molecule has 1 heterocycles. The fourth-order valence-corrected chi connectivity index (χ4v) is 2.56. The molecule has 1 aromatic rings. The minimum atomic E-state index is -0.925. The predicted octanol–water partition coefficient (Wildman–Crippen LogP) is 2.76. The van der Waals surface area contributed by atoms with Gasteiger partial charge in [-0.1, -0.05) is 18.2 Å². The molecule has 1 aliphatic rings. The van der Waals surface area contributed by atoms with Crippen molar-refractivity contribution in [3.63, 3.8) is 0 Å². The lowest BCUT2D eigenvalue weighted by atomic mass is 9.89. The number of hydrogen-bond acceptors (Lipinski definition) is 4. The third-order valence-electron chi connectivity index (χ3n) is 3.78. The summed E-state index contributed by atoms with van der Waals surface area (Å²) in [7, 11) is 0. The van der Waals surface area contributed by atoms with E-state index >= 15 is 0 Å². The van der Waals surface area contributed by atoms with E-state index in [9.17, 15) is 18.8 Å². The molecule has 0 spiro atoms. The van der Waals surface area contributed by atoms with Crippen LogP contribution in [0.3, 0.4) is 0 Å². The van der Waals surface area contributed by atoms with Crippen LogP contribution in [-0.2, 0) is 20.7 Å². The topological polar surface area (TPSA) is 63.7 Å². The Balaban J connectivity index is 2.05. The fraction of sp³-hybridized carbons (Fsp3) is 0.500. The van der Waals surface area contributed by atoms with Crippen molar-refractivity contribution in [2.24, 2.45) is 5.92 Å². The summed E-state index contributed by atoms with van der Waals surface area (Å²) in [6.07, 6.45) is -0.600. The van der Waals surface area contributed by atoms with Crippen LogP contribution in [0, 0.1) is 11.7 Å². The summed E-state index contributed by atoms with van der Waals surface area (Å²) >= 11 is 0. The Morgan fingerprint density at radius 1 is 1.29 bits per heavy atom. The van der Waals surface area contributed by atoms with Crippen LogP contribution in [-0.4, -0.2) is 41.3 Å². The maximum absolute atomic E-state index is 13.7. The highest BCUT2D eigenvalue weighted by Gasteiger charge is 2.36. The second kappa shape index (κ2) is 7.11. The zero-order chi connectivity index (χ0) is 17.9. The third kappa shape index (κ3) is 4.63. The molecule has 0 aromatic heterocycles. The van der Waals surface area contributed by atoms with E-state index in [0.29, 0.717) is 0 Å². The van der Waals surface area contributed by atoms with Gasteiger partial charge in [-0.25, -0.2) is 9.18 Å². The number of nitrogens with zero attached hydrogens (tertiary/aromatic N) is 1. The molecule has 0 saturated carbocycles. The van der Waals surface area contributed by atoms with Crippen molar-refractivity contribution in [2.45, 2.75) is 39.2 Å². The summed E-state index contributed by atoms with van der Waals surface area (Å²) in [6, 6.07) is 5.98. The Labute approximate surface area is 140 Å². The van der Waals surface area contributed by atoms with E-state index < -0.39 is 23.4 Å². The van der Waals surface area contributed by atoms with Gasteiger partial charge in [0.25, 0.3) is 0 Å². The quantitative estimate of drug-likeness (QED) is 0.797. The largest absolute Gasteiger partial charge is 0.444 e. The van der Waals surface area contributed by atoms with Crippen molar-refractivity contribution in [2.75, 3.05) is 13.1 Å². The van der Waals surface area contributed by atoms with Crippen molar-refractivity contribution in [3.05, 3.63) is 35.6 Å². The fourth-order valence-electron chi connectivity index (χ4n) is 2.56. The average molecular weight is 335 g/mol. The highest BCUT2D eigenvalue weighted by atomic mass is 19.1. The number of carbonyl (C=O) groups excluding carboxylic acids is 3. The molecule has 0 N–H and O–H groups in total. The Morgan fingerprint density at radius 3 is 2.58 bits per heavy atom. The Morgan fingerprint density at radius 2 is 1.96 bits per heavy atom. The van der Waals surface area contributed by atoms with Gasteiger partial charge in [-0.15, -0.1) is 0 Å². The molecule has 1 unspecified atom stereocenters. The molecule has 1 amide bonds. The molecule has 0 bridgehead atoms. The molecule has 2 rings (SSSR count). The van der Waals surface area contributed by atoms with Crippen LogP contribution in [0.1, 0.15) is 32.8 Å². The van der Waals surface area contributed by atoms with Gasteiger partial charge in [-0.2, -0.15) is 0 Å². The van der Waals surface area contributed by atoms with Gasteiger partial charge in [0.05, 0.1) is 5.92 Å². The normalized spacial score (nSPS) is 18.4. The van der Waals surface area contributed by atoms with Crippen LogP contribution < -0.4 is 0 Å². The first-order valence-electron chi connectivity index (χ1n) is 7.94. The second-order valence-corrected chi connectivity index (χ2v) is 6.93. The first-order chi connectivity index (χ1) is 11.2. The molecule has 0 aliphatic carbocycles. The molecular weight excluding hydrogens is 313 g/mol. The Hall–Kier alpha value is -2.24. The number of piperidine rings is 1. The van der Waals surface area contributed by atoms with Crippen LogP contribution in [0.25, 0.3) is 0 Å². The maximum Gasteiger partial charge on any atom is 0.410 e. The number of ether oxygens (including phenoxy) is 1. The molecule has 0 radical (unpaired) electrons. The zero-order valence-corrected chi connectivity index (χ0v) is 14.2. The number of ketones is 2. The van der Waals surface area contributed by atoms with Gasteiger partial charge in [0, 0.05) is 25.9 Å². The number of halogens is 1. The first-order valence-corrected chi connectivity index (χ1v) is 7.94. The van der Waals surface area contributed by atoms with Crippen molar-refractivity contribution >= 4 is 17.7 Å². The smallest absolute Gasteiger partial charge is 0.410 e. The molecule has 5 nitrogen and oxygen atoms in total. The van der Waals surface area contributed by atoms with Crippen LogP contribution in [0.15, 0.2) is 24.3 Å². The van der Waals surface area contributed by atoms with Crippen LogP contribution >= 0.6 is 0 Å². The number of carbonyl (C=O) groups is 3. The van der Waals surface area contributed by atoms with Crippen LogP contribution in [0.2, 0.25) is 0 Å². The lowest BCUT2D eigenvalue weighted by molar-refractivity contribution is -0.135. The summed E-state index contributed by atoms with van der Waals surface area (Å²) in [5.74, 6) is -1.99.